The molecule has 0 spiro atoms. The third-order valence-corrected chi connectivity index (χ3v) is 2.50. The van der Waals surface area contributed by atoms with E-state index in [0.717, 1.165) is 23.4 Å². The lowest BCUT2D eigenvalue weighted by Crippen LogP contribution is -1.97. The lowest BCUT2D eigenvalue weighted by atomic mass is 10.2. The lowest BCUT2D eigenvalue weighted by molar-refractivity contribution is 0.793. The van der Waals surface area contributed by atoms with Crippen molar-refractivity contribution in [2.75, 3.05) is 0 Å². The highest BCUT2D eigenvalue weighted by molar-refractivity contribution is 5.51. The van der Waals surface area contributed by atoms with Crippen LogP contribution in [0.25, 0.3) is 16.1 Å². The lowest BCUT2D eigenvalue weighted by Gasteiger charge is -2.05. The minimum absolute atomic E-state index is 0.571. The van der Waals surface area contributed by atoms with Crippen molar-refractivity contribution in [2.45, 2.75) is 20.3 Å². The van der Waals surface area contributed by atoms with Gasteiger partial charge in [0.2, 0.25) is 0 Å². The molecular weight excluding hydrogens is 216 g/mol. The first-order valence-corrected chi connectivity index (χ1v) is 5.32. The highest BCUT2D eigenvalue weighted by atomic mass is 15.4. The zero-order chi connectivity index (χ0) is 12.3. The van der Waals surface area contributed by atoms with E-state index >= 15 is 0 Å². The van der Waals surface area contributed by atoms with Crippen molar-refractivity contribution >= 4 is 5.69 Å². The third-order valence-electron chi connectivity index (χ3n) is 2.50. The van der Waals surface area contributed by atoms with Gasteiger partial charge in [-0.15, -0.1) is 5.10 Å². The molecule has 0 saturated carbocycles. The van der Waals surface area contributed by atoms with E-state index in [-0.39, 0.29) is 0 Å². The first-order chi connectivity index (χ1) is 8.24. The maximum Gasteiger partial charge on any atom is 0.0829 e. The van der Waals surface area contributed by atoms with Crippen LogP contribution >= 0.6 is 0 Å². The molecule has 6 heteroatoms. The Bertz CT molecular complexity index is 579. The van der Waals surface area contributed by atoms with E-state index in [9.17, 15) is 0 Å². The average Bonchev–Trinajstić information content (AvgIpc) is 2.80. The minimum atomic E-state index is 0.571. The summed E-state index contributed by atoms with van der Waals surface area (Å²) in [5.41, 5.74) is 11.8. The van der Waals surface area contributed by atoms with Gasteiger partial charge in [0.25, 0.3) is 0 Å². The topological polar surface area (TPSA) is 79.5 Å². The van der Waals surface area contributed by atoms with Gasteiger partial charge in [0.1, 0.15) is 0 Å². The second-order valence-corrected chi connectivity index (χ2v) is 3.67. The Labute approximate surface area is 98.5 Å². The molecule has 0 N–H and O–H groups in total. The van der Waals surface area contributed by atoms with Crippen LogP contribution in [0.2, 0.25) is 0 Å². The van der Waals surface area contributed by atoms with Gasteiger partial charge in [0.05, 0.1) is 17.6 Å². The third kappa shape index (κ3) is 2.26. The second-order valence-electron chi connectivity index (χ2n) is 3.67. The molecule has 1 heterocycles. The fourth-order valence-corrected chi connectivity index (χ4v) is 1.54. The molecule has 0 amide bonds. The van der Waals surface area contributed by atoms with Crippen molar-refractivity contribution in [2.24, 2.45) is 5.11 Å². The summed E-state index contributed by atoms with van der Waals surface area (Å²) in [4.78, 5) is 2.77. The summed E-state index contributed by atoms with van der Waals surface area (Å²) < 4.78 is 1.70. The molecule has 2 aromatic rings. The first kappa shape index (κ1) is 11.2. The molecule has 0 aliphatic heterocycles. The number of nitrogens with zero attached hydrogens (tertiary/aromatic N) is 6. The van der Waals surface area contributed by atoms with Crippen LogP contribution < -0.4 is 0 Å². The van der Waals surface area contributed by atoms with E-state index < -0.39 is 0 Å². The normalized spacial score (nSPS) is 10.0. The number of azide groups is 1. The van der Waals surface area contributed by atoms with Crippen LogP contribution in [0.5, 0.6) is 0 Å². The second kappa shape index (κ2) is 4.67. The van der Waals surface area contributed by atoms with Gasteiger partial charge in [0, 0.05) is 10.6 Å². The smallest absolute Gasteiger partial charge is 0.0829 e. The fourth-order valence-electron chi connectivity index (χ4n) is 1.54. The number of aromatic nitrogens is 3. The Morgan fingerprint density at radius 1 is 1.47 bits per heavy atom. The SMILES string of the molecule is CCc1cn(-c2cc(N=[N+]=[N-])ccc2C)nn1. The van der Waals surface area contributed by atoms with Crippen molar-refractivity contribution in [3.8, 4) is 5.69 Å². The van der Waals surface area contributed by atoms with Gasteiger partial charge in [-0.3, -0.25) is 0 Å². The number of benzene rings is 1. The predicted octanol–water partition coefficient (Wildman–Crippen LogP) is 3.08. The molecule has 1 aromatic heterocycles. The zero-order valence-electron chi connectivity index (χ0n) is 9.70. The van der Waals surface area contributed by atoms with E-state index in [1.165, 1.54) is 0 Å². The summed E-state index contributed by atoms with van der Waals surface area (Å²) in [5, 5.41) is 11.7. The molecule has 0 fully saturated rings. The van der Waals surface area contributed by atoms with Gasteiger partial charge < -0.3 is 0 Å². The molecule has 0 radical (unpaired) electrons. The van der Waals surface area contributed by atoms with Crippen LogP contribution in [0.15, 0.2) is 29.5 Å². The van der Waals surface area contributed by atoms with Crippen LogP contribution in [0.3, 0.4) is 0 Å². The number of hydrogen-bond acceptors (Lipinski definition) is 3. The molecule has 0 unspecified atom stereocenters. The molecule has 17 heavy (non-hydrogen) atoms. The maximum atomic E-state index is 8.42. The molecule has 0 aliphatic rings. The summed E-state index contributed by atoms with van der Waals surface area (Å²) in [6, 6.07) is 5.46. The molecule has 0 bridgehead atoms. The van der Waals surface area contributed by atoms with Gasteiger partial charge in [0.15, 0.2) is 0 Å². The largest absolute Gasteiger partial charge is 0.220 e. The number of rotatable bonds is 3. The molecule has 0 atom stereocenters. The standard InChI is InChI=1S/C11H12N6/c1-3-9-7-17(16-14-9)11-6-10(13-15-12)5-4-8(11)2/h4-7H,3H2,1-2H3. The van der Waals surface area contributed by atoms with Crippen molar-refractivity contribution in [3.63, 3.8) is 0 Å². The first-order valence-electron chi connectivity index (χ1n) is 5.32. The Balaban J connectivity index is 2.49. The van der Waals surface area contributed by atoms with E-state index in [1.807, 2.05) is 26.1 Å². The quantitative estimate of drug-likeness (QED) is 0.459. The number of hydrogen-bond donors (Lipinski definition) is 0. The summed E-state index contributed by atoms with van der Waals surface area (Å²) in [6.07, 6.45) is 2.72. The highest BCUT2D eigenvalue weighted by Crippen LogP contribution is 2.21. The Hall–Kier alpha value is -2.33. The predicted molar refractivity (Wildman–Crippen MR) is 64.3 cm³/mol. The van der Waals surface area contributed by atoms with E-state index in [0.29, 0.717) is 5.69 Å². The number of aryl methyl sites for hydroxylation is 2. The molecule has 2 rings (SSSR count). The van der Waals surface area contributed by atoms with E-state index in [4.69, 9.17) is 5.53 Å². The van der Waals surface area contributed by atoms with Crippen LogP contribution in [0.4, 0.5) is 5.69 Å². The fraction of sp³-hybridized carbons (Fsp3) is 0.273. The van der Waals surface area contributed by atoms with Crippen LogP contribution in [-0.2, 0) is 6.42 Å². The molecule has 0 saturated heterocycles. The van der Waals surface area contributed by atoms with Gasteiger partial charge in [-0.2, -0.15) is 0 Å². The van der Waals surface area contributed by atoms with Crippen molar-refractivity contribution in [1.29, 1.82) is 0 Å². The summed E-state index contributed by atoms with van der Waals surface area (Å²) in [7, 11) is 0. The van der Waals surface area contributed by atoms with Gasteiger partial charge in [-0.1, -0.05) is 29.4 Å². The molecule has 1 aromatic carbocycles. The van der Waals surface area contributed by atoms with Gasteiger partial charge in [-0.25, -0.2) is 4.68 Å². The van der Waals surface area contributed by atoms with Crippen molar-refractivity contribution in [3.05, 3.63) is 46.1 Å². The van der Waals surface area contributed by atoms with E-state index in [1.54, 1.807) is 16.8 Å². The Morgan fingerprint density at radius 2 is 2.29 bits per heavy atom. The van der Waals surface area contributed by atoms with Crippen molar-refractivity contribution < 1.29 is 0 Å². The monoisotopic (exact) mass is 228 g/mol. The molecule has 86 valence electrons. The van der Waals surface area contributed by atoms with Crippen LogP contribution in [0.1, 0.15) is 18.2 Å². The Morgan fingerprint density at radius 3 is 2.94 bits per heavy atom. The summed E-state index contributed by atoms with van der Waals surface area (Å²) >= 11 is 0. The van der Waals surface area contributed by atoms with Crippen LogP contribution in [0, 0.1) is 6.92 Å². The molecule has 6 nitrogen and oxygen atoms in total. The summed E-state index contributed by atoms with van der Waals surface area (Å²) in [5.74, 6) is 0. The average molecular weight is 228 g/mol. The van der Waals surface area contributed by atoms with Crippen molar-refractivity contribution in [1.82, 2.24) is 15.0 Å². The maximum absolute atomic E-state index is 8.42. The molecule has 0 aliphatic carbocycles. The molecular formula is C11H12N6. The highest BCUT2D eigenvalue weighted by Gasteiger charge is 2.05. The zero-order valence-corrected chi connectivity index (χ0v) is 9.70. The minimum Gasteiger partial charge on any atom is -0.220 e. The van der Waals surface area contributed by atoms with Crippen LogP contribution in [-0.4, -0.2) is 15.0 Å². The van der Waals surface area contributed by atoms with Gasteiger partial charge in [-0.05, 0) is 30.5 Å². The van der Waals surface area contributed by atoms with Gasteiger partial charge >= 0.3 is 0 Å². The van der Waals surface area contributed by atoms with E-state index in [2.05, 4.69) is 20.3 Å². The Kier molecular flexibility index (Phi) is 3.07. The summed E-state index contributed by atoms with van der Waals surface area (Å²) in [6.45, 7) is 4.00.